The zero-order valence-electron chi connectivity index (χ0n) is 17.1. The Morgan fingerprint density at radius 2 is 1.73 bits per heavy atom. The van der Waals surface area contributed by atoms with Crippen LogP contribution in [0.25, 0.3) is 0 Å². The predicted molar refractivity (Wildman–Crippen MR) is 117 cm³/mol. The molecule has 0 radical (unpaired) electrons. The maximum atomic E-state index is 12.6. The lowest BCUT2D eigenvalue weighted by molar-refractivity contribution is -0.384. The monoisotopic (exact) mass is 431 g/mol. The van der Waals surface area contributed by atoms with Gasteiger partial charge in [-0.1, -0.05) is 42.5 Å². The molecular weight excluding hydrogens is 406 g/mol. The first-order chi connectivity index (χ1) is 14.4. The normalized spacial score (nSPS) is 11.7. The Morgan fingerprint density at radius 1 is 1.13 bits per heavy atom. The number of nitrogens with zero attached hydrogens (tertiary/aromatic N) is 2. The average molecular weight is 432 g/mol. The van der Waals surface area contributed by atoms with Crippen LogP contribution in [0.3, 0.4) is 0 Å². The minimum Gasteiger partial charge on any atom is -0.373 e. The van der Waals surface area contributed by atoms with Crippen molar-refractivity contribution in [2.24, 2.45) is 0 Å². The number of thiocarbonyl (C=S) groups is 1. The van der Waals surface area contributed by atoms with Crippen molar-refractivity contribution in [2.45, 2.75) is 25.8 Å². The summed E-state index contributed by atoms with van der Waals surface area (Å²) in [6.07, 6.45) is -0.514. The molecule has 0 aliphatic rings. The number of carbonyl (C=O) groups is 1. The van der Waals surface area contributed by atoms with Crippen molar-refractivity contribution in [2.75, 3.05) is 20.8 Å². The summed E-state index contributed by atoms with van der Waals surface area (Å²) in [5.74, 6) is -0.179. The number of rotatable bonds is 10. The molecule has 1 amide bonds. The second kappa shape index (κ2) is 11.3. The summed E-state index contributed by atoms with van der Waals surface area (Å²) in [6.45, 7) is 2.08. The Kier molecular flexibility index (Phi) is 8.85. The SMILES string of the molecule is COC(CNC(=S)C(c1ccc([N+](=O)[O-])cc1)N(Cc1ccccc1)C(C)=O)OC. The van der Waals surface area contributed by atoms with Gasteiger partial charge in [0.25, 0.3) is 5.69 Å². The molecule has 0 aromatic heterocycles. The quantitative estimate of drug-likeness (QED) is 0.267. The highest BCUT2D eigenvalue weighted by molar-refractivity contribution is 7.80. The molecular formula is C21H25N3O5S. The smallest absolute Gasteiger partial charge is 0.269 e. The Morgan fingerprint density at radius 3 is 2.23 bits per heavy atom. The number of nitro groups is 1. The van der Waals surface area contributed by atoms with Crippen molar-refractivity contribution >= 4 is 28.8 Å². The van der Waals surface area contributed by atoms with Crippen LogP contribution in [0.15, 0.2) is 54.6 Å². The van der Waals surface area contributed by atoms with Crippen LogP contribution in [-0.4, -0.2) is 47.8 Å². The second-order valence-corrected chi connectivity index (χ2v) is 6.97. The molecule has 2 aromatic carbocycles. The number of carbonyl (C=O) groups excluding carboxylic acids is 1. The number of nitro benzene ring substituents is 1. The fraction of sp³-hybridized carbons (Fsp3) is 0.333. The highest BCUT2D eigenvalue weighted by Crippen LogP contribution is 2.26. The highest BCUT2D eigenvalue weighted by Gasteiger charge is 2.28. The van der Waals surface area contributed by atoms with E-state index in [1.54, 1.807) is 17.0 Å². The number of hydrogen-bond acceptors (Lipinski definition) is 6. The number of amides is 1. The van der Waals surface area contributed by atoms with E-state index >= 15 is 0 Å². The van der Waals surface area contributed by atoms with E-state index in [4.69, 9.17) is 21.7 Å². The van der Waals surface area contributed by atoms with Crippen molar-refractivity contribution in [3.05, 3.63) is 75.8 Å². The van der Waals surface area contributed by atoms with E-state index in [0.29, 0.717) is 17.1 Å². The lowest BCUT2D eigenvalue weighted by Gasteiger charge is -2.33. The maximum absolute atomic E-state index is 12.6. The third kappa shape index (κ3) is 6.31. The minimum absolute atomic E-state index is 0.0346. The van der Waals surface area contributed by atoms with Crippen LogP contribution in [0, 0.1) is 10.1 Å². The van der Waals surface area contributed by atoms with Gasteiger partial charge in [-0.05, 0) is 23.3 Å². The average Bonchev–Trinajstić information content (AvgIpc) is 2.75. The summed E-state index contributed by atoms with van der Waals surface area (Å²) in [5.41, 5.74) is 1.57. The van der Waals surface area contributed by atoms with Gasteiger partial charge in [0.2, 0.25) is 5.91 Å². The molecule has 0 aliphatic heterocycles. The van der Waals surface area contributed by atoms with Crippen LogP contribution < -0.4 is 5.32 Å². The van der Waals surface area contributed by atoms with Gasteiger partial charge in [0, 0.05) is 39.8 Å². The van der Waals surface area contributed by atoms with Gasteiger partial charge < -0.3 is 19.7 Å². The molecule has 8 nitrogen and oxygen atoms in total. The first-order valence-corrected chi connectivity index (χ1v) is 9.67. The standard InChI is InChI=1S/C21H25N3O5S/c1-15(25)23(14-16-7-5-4-6-8-16)20(21(30)22-13-19(28-2)29-3)17-9-11-18(12-10-17)24(26)27/h4-12,19-20H,13-14H2,1-3H3,(H,22,30). The molecule has 1 atom stereocenters. The molecule has 0 heterocycles. The summed E-state index contributed by atoms with van der Waals surface area (Å²) in [7, 11) is 3.04. The summed E-state index contributed by atoms with van der Waals surface area (Å²) >= 11 is 5.62. The van der Waals surface area contributed by atoms with Gasteiger partial charge in [0.05, 0.1) is 11.5 Å². The van der Waals surface area contributed by atoms with Crippen molar-refractivity contribution in [3.63, 3.8) is 0 Å². The fourth-order valence-corrected chi connectivity index (χ4v) is 3.31. The molecule has 0 fully saturated rings. The van der Waals surface area contributed by atoms with E-state index < -0.39 is 17.3 Å². The Hall–Kier alpha value is -2.88. The molecule has 9 heteroatoms. The Bertz CT molecular complexity index is 857. The molecule has 0 aliphatic carbocycles. The number of hydrogen-bond donors (Lipinski definition) is 1. The molecule has 30 heavy (non-hydrogen) atoms. The zero-order chi connectivity index (χ0) is 22.1. The number of ether oxygens (including phenoxy) is 2. The number of nitrogens with one attached hydrogen (secondary N) is 1. The number of methoxy groups -OCH3 is 2. The number of non-ortho nitro benzene ring substituents is 1. The van der Waals surface area contributed by atoms with Crippen LogP contribution in [0.2, 0.25) is 0 Å². The lowest BCUT2D eigenvalue weighted by atomic mass is 10.0. The van der Waals surface area contributed by atoms with E-state index in [2.05, 4.69) is 5.32 Å². The molecule has 0 saturated carbocycles. The van der Waals surface area contributed by atoms with E-state index in [1.165, 1.54) is 33.3 Å². The first-order valence-electron chi connectivity index (χ1n) is 9.26. The Labute approximate surface area is 180 Å². The van der Waals surface area contributed by atoms with Gasteiger partial charge in [-0.25, -0.2) is 0 Å². The molecule has 0 bridgehead atoms. The first kappa shape index (κ1) is 23.4. The van der Waals surface area contributed by atoms with Crippen LogP contribution in [-0.2, 0) is 20.8 Å². The topological polar surface area (TPSA) is 93.9 Å². The summed E-state index contributed by atoms with van der Waals surface area (Å²) in [4.78, 5) is 25.1. The van der Waals surface area contributed by atoms with Gasteiger partial charge in [0.15, 0.2) is 6.29 Å². The van der Waals surface area contributed by atoms with Gasteiger partial charge in [-0.15, -0.1) is 0 Å². The van der Waals surface area contributed by atoms with E-state index in [9.17, 15) is 14.9 Å². The summed E-state index contributed by atoms with van der Waals surface area (Å²) in [6, 6.07) is 14.9. The third-order valence-corrected chi connectivity index (χ3v) is 4.92. The fourth-order valence-electron chi connectivity index (χ4n) is 2.96. The summed E-state index contributed by atoms with van der Waals surface area (Å²) < 4.78 is 10.4. The van der Waals surface area contributed by atoms with E-state index in [1.807, 2.05) is 30.3 Å². The van der Waals surface area contributed by atoms with Crippen LogP contribution in [0.4, 0.5) is 5.69 Å². The van der Waals surface area contributed by atoms with Gasteiger partial charge in [-0.3, -0.25) is 14.9 Å². The van der Waals surface area contributed by atoms with Gasteiger partial charge >= 0.3 is 0 Å². The maximum Gasteiger partial charge on any atom is 0.269 e. The molecule has 2 aromatic rings. The zero-order valence-corrected chi connectivity index (χ0v) is 17.9. The largest absolute Gasteiger partial charge is 0.373 e. The minimum atomic E-state index is -0.618. The van der Waals surface area contributed by atoms with Gasteiger partial charge in [0.1, 0.15) is 11.0 Å². The Balaban J connectivity index is 2.37. The molecule has 0 saturated heterocycles. The van der Waals surface area contributed by atoms with E-state index in [-0.39, 0.29) is 18.1 Å². The summed E-state index contributed by atoms with van der Waals surface area (Å²) in [5, 5.41) is 14.1. The third-order valence-electron chi connectivity index (χ3n) is 4.55. The highest BCUT2D eigenvalue weighted by atomic mass is 32.1. The van der Waals surface area contributed by atoms with E-state index in [0.717, 1.165) is 5.56 Å². The molecule has 0 spiro atoms. The van der Waals surface area contributed by atoms with Crippen LogP contribution in [0.1, 0.15) is 24.1 Å². The van der Waals surface area contributed by atoms with Crippen molar-refractivity contribution < 1.29 is 19.2 Å². The molecule has 1 unspecified atom stereocenters. The molecule has 160 valence electrons. The lowest BCUT2D eigenvalue weighted by Crippen LogP contribution is -2.44. The van der Waals surface area contributed by atoms with Gasteiger partial charge in [-0.2, -0.15) is 0 Å². The van der Waals surface area contributed by atoms with Crippen molar-refractivity contribution in [1.82, 2.24) is 10.2 Å². The van der Waals surface area contributed by atoms with Crippen molar-refractivity contribution in [3.8, 4) is 0 Å². The predicted octanol–water partition coefficient (Wildman–Crippen LogP) is 3.22. The van der Waals surface area contributed by atoms with Crippen molar-refractivity contribution in [1.29, 1.82) is 0 Å². The molecule has 1 N–H and O–H groups in total. The molecule has 2 rings (SSSR count). The van der Waals surface area contributed by atoms with Crippen LogP contribution in [0.5, 0.6) is 0 Å². The van der Waals surface area contributed by atoms with Crippen LogP contribution >= 0.6 is 12.2 Å². The number of benzene rings is 2. The second-order valence-electron chi connectivity index (χ2n) is 6.53.